The number of aromatic nitrogens is 2. The van der Waals surface area contributed by atoms with E-state index in [2.05, 4.69) is 15.3 Å². The first-order valence-corrected chi connectivity index (χ1v) is 8.82. The molecule has 29 heavy (non-hydrogen) atoms. The Bertz CT molecular complexity index is 1120. The van der Waals surface area contributed by atoms with E-state index in [1.807, 2.05) is 13.0 Å². The Balaban J connectivity index is 1.60. The van der Waals surface area contributed by atoms with Crippen LogP contribution in [0.15, 0.2) is 48.7 Å². The molecule has 3 aromatic rings. The van der Waals surface area contributed by atoms with Gasteiger partial charge >= 0.3 is 11.7 Å². The molecule has 146 valence electrons. The van der Waals surface area contributed by atoms with Gasteiger partial charge in [0.25, 0.3) is 0 Å². The van der Waals surface area contributed by atoms with Gasteiger partial charge in [-0.1, -0.05) is 0 Å². The summed E-state index contributed by atoms with van der Waals surface area (Å²) in [6.45, 7) is 2.62. The second-order valence-corrected chi connectivity index (χ2v) is 6.71. The van der Waals surface area contributed by atoms with E-state index in [1.165, 1.54) is 41.3 Å². The monoisotopic (exact) mass is 393 g/mol. The Labute approximate surface area is 165 Å². The summed E-state index contributed by atoms with van der Waals surface area (Å²) in [6, 6.07) is 9.73. The summed E-state index contributed by atoms with van der Waals surface area (Å²) in [5.74, 6) is -0.561. The molecule has 3 heterocycles. The highest BCUT2D eigenvalue weighted by Crippen LogP contribution is 2.29. The number of pyridine rings is 2. The summed E-state index contributed by atoms with van der Waals surface area (Å²) in [7, 11) is 0. The molecular formula is C20H16FN5O3. The molecule has 0 atom stereocenters. The van der Waals surface area contributed by atoms with E-state index in [0.29, 0.717) is 24.3 Å². The molecule has 0 radical (unpaired) electrons. The van der Waals surface area contributed by atoms with Crippen molar-refractivity contribution in [3.8, 4) is 11.3 Å². The standard InChI is InChI=1S/C20H16FN5O3/c1-12-8-14-10-25(11-15(14)9-22-12)20(27)24-19-18(26(28)29)7-6-17(23-19)13-2-4-16(21)5-3-13/h2-9H,10-11H2,1H3,(H,23,24,27). The zero-order valence-electron chi connectivity index (χ0n) is 15.4. The first kappa shape index (κ1) is 18.5. The number of benzene rings is 1. The van der Waals surface area contributed by atoms with Gasteiger partial charge in [0.05, 0.1) is 10.6 Å². The number of urea groups is 1. The van der Waals surface area contributed by atoms with Gasteiger partial charge in [0.1, 0.15) is 5.82 Å². The number of halogens is 1. The average molecular weight is 393 g/mol. The van der Waals surface area contributed by atoms with Crippen LogP contribution < -0.4 is 5.32 Å². The molecule has 0 aliphatic carbocycles. The van der Waals surface area contributed by atoms with E-state index in [0.717, 1.165) is 16.8 Å². The van der Waals surface area contributed by atoms with Crippen LogP contribution in [0.25, 0.3) is 11.3 Å². The van der Waals surface area contributed by atoms with Crippen LogP contribution in [0, 0.1) is 22.9 Å². The molecule has 0 spiro atoms. The van der Waals surface area contributed by atoms with Crippen LogP contribution in [0.1, 0.15) is 16.8 Å². The summed E-state index contributed by atoms with van der Waals surface area (Å²) in [5.41, 5.74) is 3.43. The lowest BCUT2D eigenvalue weighted by Crippen LogP contribution is -2.30. The quantitative estimate of drug-likeness (QED) is 0.534. The molecule has 8 nitrogen and oxygen atoms in total. The van der Waals surface area contributed by atoms with Crippen molar-refractivity contribution in [2.24, 2.45) is 0 Å². The van der Waals surface area contributed by atoms with Gasteiger partial charge in [-0.05, 0) is 54.4 Å². The average Bonchev–Trinajstić information content (AvgIpc) is 3.11. The predicted octanol–water partition coefficient (Wildman–Crippen LogP) is 4.05. The highest BCUT2D eigenvalue weighted by atomic mass is 19.1. The van der Waals surface area contributed by atoms with Crippen LogP contribution in [0.5, 0.6) is 0 Å². The van der Waals surface area contributed by atoms with Crippen LogP contribution >= 0.6 is 0 Å². The van der Waals surface area contributed by atoms with Crippen LogP contribution in [-0.2, 0) is 13.1 Å². The second kappa shape index (κ2) is 7.27. The third-order valence-electron chi connectivity index (χ3n) is 4.67. The third-order valence-corrected chi connectivity index (χ3v) is 4.67. The van der Waals surface area contributed by atoms with E-state index in [-0.39, 0.29) is 11.5 Å². The molecule has 1 N–H and O–H groups in total. The number of amides is 2. The van der Waals surface area contributed by atoms with Gasteiger partial charge in [0, 0.05) is 36.6 Å². The summed E-state index contributed by atoms with van der Waals surface area (Å²) in [6.07, 6.45) is 1.73. The number of hydrogen-bond acceptors (Lipinski definition) is 5. The molecule has 0 bridgehead atoms. The Kier molecular flexibility index (Phi) is 4.63. The number of aryl methyl sites for hydroxylation is 1. The van der Waals surface area contributed by atoms with E-state index < -0.39 is 16.8 Å². The van der Waals surface area contributed by atoms with Crippen molar-refractivity contribution in [2.75, 3.05) is 5.32 Å². The maximum Gasteiger partial charge on any atom is 0.323 e. The number of rotatable bonds is 3. The normalized spacial score (nSPS) is 12.6. The van der Waals surface area contributed by atoms with E-state index >= 15 is 0 Å². The van der Waals surface area contributed by atoms with Crippen molar-refractivity contribution in [3.63, 3.8) is 0 Å². The van der Waals surface area contributed by atoms with Crippen LogP contribution in [0.4, 0.5) is 20.7 Å². The van der Waals surface area contributed by atoms with Crippen molar-refractivity contribution >= 4 is 17.5 Å². The number of nitrogens with one attached hydrogen (secondary N) is 1. The zero-order valence-corrected chi connectivity index (χ0v) is 15.4. The number of nitro groups is 1. The third kappa shape index (κ3) is 3.75. The fraction of sp³-hybridized carbons (Fsp3) is 0.150. The van der Waals surface area contributed by atoms with Crippen molar-refractivity contribution in [3.05, 3.63) is 81.4 Å². The smallest absolute Gasteiger partial charge is 0.316 e. The van der Waals surface area contributed by atoms with Crippen LogP contribution in [-0.4, -0.2) is 25.8 Å². The van der Waals surface area contributed by atoms with Gasteiger partial charge < -0.3 is 4.90 Å². The largest absolute Gasteiger partial charge is 0.323 e. The summed E-state index contributed by atoms with van der Waals surface area (Å²) in [4.78, 5) is 33.5. The molecule has 9 heteroatoms. The van der Waals surface area contributed by atoms with E-state index in [4.69, 9.17) is 0 Å². The number of carbonyl (C=O) groups excluding carboxylic acids is 1. The first-order chi connectivity index (χ1) is 13.9. The van der Waals surface area contributed by atoms with Gasteiger partial charge in [0.15, 0.2) is 0 Å². The van der Waals surface area contributed by atoms with Crippen molar-refractivity contribution < 1.29 is 14.1 Å². The molecule has 1 aliphatic heterocycles. The predicted molar refractivity (Wildman–Crippen MR) is 104 cm³/mol. The number of anilines is 1. The van der Waals surface area contributed by atoms with Gasteiger partial charge in [-0.2, -0.15) is 0 Å². The summed E-state index contributed by atoms with van der Waals surface area (Å²) in [5, 5.41) is 13.9. The molecule has 4 rings (SSSR count). The first-order valence-electron chi connectivity index (χ1n) is 8.82. The minimum Gasteiger partial charge on any atom is -0.316 e. The lowest BCUT2D eigenvalue weighted by atomic mass is 10.1. The molecule has 0 fully saturated rings. The highest BCUT2D eigenvalue weighted by Gasteiger charge is 2.26. The molecule has 0 saturated carbocycles. The van der Waals surface area contributed by atoms with Crippen molar-refractivity contribution in [1.82, 2.24) is 14.9 Å². The zero-order chi connectivity index (χ0) is 20.5. The van der Waals surface area contributed by atoms with Crippen molar-refractivity contribution in [1.29, 1.82) is 0 Å². The SMILES string of the molecule is Cc1cc2c(cn1)CN(C(=O)Nc1nc(-c3ccc(F)cc3)ccc1[N+](=O)[O-])C2. The minimum atomic E-state index is -0.608. The molecular weight excluding hydrogens is 377 g/mol. The number of fused-ring (bicyclic) bond motifs is 1. The lowest BCUT2D eigenvalue weighted by Gasteiger charge is -2.16. The minimum absolute atomic E-state index is 0.160. The van der Waals surface area contributed by atoms with Crippen molar-refractivity contribution in [2.45, 2.75) is 20.0 Å². The van der Waals surface area contributed by atoms with E-state index in [1.54, 1.807) is 6.20 Å². The topological polar surface area (TPSA) is 101 Å². The van der Waals surface area contributed by atoms with Gasteiger partial charge in [-0.15, -0.1) is 0 Å². The Hall–Kier alpha value is -3.88. The maximum absolute atomic E-state index is 13.2. The fourth-order valence-electron chi connectivity index (χ4n) is 3.20. The Morgan fingerprint density at radius 1 is 1.17 bits per heavy atom. The maximum atomic E-state index is 13.2. The van der Waals surface area contributed by atoms with Gasteiger partial charge in [-0.25, -0.2) is 14.2 Å². The summed E-state index contributed by atoms with van der Waals surface area (Å²) < 4.78 is 13.2. The highest BCUT2D eigenvalue weighted by molar-refractivity contribution is 5.91. The van der Waals surface area contributed by atoms with E-state index in [9.17, 15) is 19.3 Å². The Morgan fingerprint density at radius 3 is 2.62 bits per heavy atom. The molecule has 0 saturated heterocycles. The molecule has 0 unspecified atom stereocenters. The lowest BCUT2D eigenvalue weighted by molar-refractivity contribution is -0.384. The fourth-order valence-corrected chi connectivity index (χ4v) is 3.20. The van der Waals surface area contributed by atoms with Gasteiger partial charge in [0.2, 0.25) is 5.82 Å². The van der Waals surface area contributed by atoms with Crippen LogP contribution in [0.2, 0.25) is 0 Å². The number of hydrogen-bond donors (Lipinski definition) is 1. The second-order valence-electron chi connectivity index (χ2n) is 6.71. The van der Waals surface area contributed by atoms with Crippen LogP contribution in [0.3, 0.4) is 0 Å². The number of carbonyl (C=O) groups is 1. The Morgan fingerprint density at radius 2 is 1.90 bits per heavy atom. The number of nitrogens with zero attached hydrogens (tertiary/aromatic N) is 4. The molecule has 1 aliphatic rings. The molecule has 1 aromatic carbocycles. The molecule has 2 aromatic heterocycles. The summed E-state index contributed by atoms with van der Waals surface area (Å²) >= 11 is 0. The van der Waals surface area contributed by atoms with Gasteiger partial charge in [-0.3, -0.25) is 20.4 Å². The molecule has 2 amide bonds.